The summed E-state index contributed by atoms with van der Waals surface area (Å²) in [5.74, 6) is 0. The third-order valence-electron chi connectivity index (χ3n) is 5.54. The first-order valence-corrected chi connectivity index (χ1v) is 11.2. The molecule has 0 unspecified atom stereocenters. The Morgan fingerprint density at radius 1 is 0.938 bits per heavy atom. The fourth-order valence-corrected chi connectivity index (χ4v) is 4.07. The maximum atomic E-state index is 12.5. The normalized spacial score (nSPS) is 14.3. The van der Waals surface area contributed by atoms with E-state index < -0.39 is 5.60 Å². The predicted octanol–water partition coefficient (Wildman–Crippen LogP) is 5.76. The molecule has 1 fully saturated rings. The van der Waals surface area contributed by atoms with E-state index in [0.717, 1.165) is 24.9 Å². The van der Waals surface area contributed by atoms with Gasteiger partial charge in [0, 0.05) is 24.8 Å². The van der Waals surface area contributed by atoms with Crippen LogP contribution in [0.4, 0.5) is 4.79 Å². The van der Waals surface area contributed by atoms with Gasteiger partial charge < -0.3 is 9.64 Å². The van der Waals surface area contributed by atoms with E-state index in [1.807, 2.05) is 48.7 Å². The van der Waals surface area contributed by atoms with Gasteiger partial charge in [-0.15, -0.1) is 0 Å². The molecule has 1 amide bonds. The molecule has 5 nitrogen and oxygen atoms in total. The Hall–Kier alpha value is -3.34. The van der Waals surface area contributed by atoms with E-state index in [0.29, 0.717) is 13.1 Å². The minimum Gasteiger partial charge on any atom is -0.444 e. The number of amides is 1. The molecule has 2 aromatic carbocycles. The molecule has 1 aromatic heterocycles. The number of carbonyl (C=O) groups excluding carboxylic acids is 1. The number of ether oxygens (including phenoxy) is 1. The van der Waals surface area contributed by atoms with E-state index in [1.54, 1.807) is 0 Å². The monoisotopic (exact) mass is 429 g/mol. The summed E-state index contributed by atoms with van der Waals surface area (Å²) in [6.07, 6.45) is 5.51. The number of carbonyl (C=O) groups is 1. The van der Waals surface area contributed by atoms with Crippen LogP contribution >= 0.6 is 0 Å². The first-order chi connectivity index (χ1) is 15.4. The molecule has 32 heavy (non-hydrogen) atoms. The van der Waals surface area contributed by atoms with Crippen LogP contribution in [-0.2, 0) is 11.3 Å². The van der Waals surface area contributed by atoms with Crippen molar-refractivity contribution in [2.45, 2.75) is 45.8 Å². The van der Waals surface area contributed by atoms with Crippen LogP contribution in [0.5, 0.6) is 0 Å². The number of hydrogen-bond acceptors (Lipinski definition) is 3. The van der Waals surface area contributed by atoms with Crippen molar-refractivity contribution in [1.29, 1.82) is 0 Å². The summed E-state index contributed by atoms with van der Waals surface area (Å²) in [5, 5.41) is 4.63. The lowest BCUT2D eigenvalue weighted by Crippen LogP contribution is -2.40. The minimum atomic E-state index is -0.476. The predicted molar refractivity (Wildman–Crippen MR) is 127 cm³/mol. The van der Waals surface area contributed by atoms with Gasteiger partial charge in [-0.05, 0) is 50.3 Å². The van der Waals surface area contributed by atoms with Gasteiger partial charge in [0.25, 0.3) is 0 Å². The van der Waals surface area contributed by atoms with Gasteiger partial charge in [-0.2, -0.15) is 5.10 Å². The van der Waals surface area contributed by atoms with Crippen LogP contribution in [0.3, 0.4) is 0 Å². The Morgan fingerprint density at radius 3 is 2.19 bits per heavy atom. The molecule has 5 heteroatoms. The summed E-state index contributed by atoms with van der Waals surface area (Å²) in [6, 6.07) is 20.8. The zero-order valence-electron chi connectivity index (χ0n) is 19.1. The van der Waals surface area contributed by atoms with Crippen molar-refractivity contribution < 1.29 is 9.53 Å². The molecule has 0 spiro atoms. The first kappa shape index (κ1) is 21.9. The van der Waals surface area contributed by atoms with Crippen molar-refractivity contribution in [3.63, 3.8) is 0 Å². The number of rotatable bonds is 4. The zero-order valence-corrected chi connectivity index (χ0v) is 19.1. The maximum Gasteiger partial charge on any atom is 0.410 e. The van der Waals surface area contributed by atoms with Crippen LogP contribution in [-0.4, -0.2) is 39.5 Å². The van der Waals surface area contributed by atoms with Crippen molar-refractivity contribution in [2.75, 3.05) is 13.1 Å². The van der Waals surface area contributed by atoms with E-state index in [-0.39, 0.29) is 6.09 Å². The van der Waals surface area contributed by atoms with Crippen LogP contribution in [0.2, 0.25) is 0 Å². The molecule has 1 aliphatic heterocycles. The van der Waals surface area contributed by atoms with Crippen molar-refractivity contribution >= 4 is 11.7 Å². The minimum absolute atomic E-state index is 0.228. The quantitative estimate of drug-likeness (QED) is 0.529. The van der Waals surface area contributed by atoms with Crippen LogP contribution in [0, 0.1) is 0 Å². The lowest BCUT2D eigenvalue weighted by Gasteiger charge is -2.32. The van der Waals surface area contributed by atoms with E-state index in [4.69, 9.17) is 4.74 Å². The largest absolute Gasteiger partial charge is 0.444 e. The van der Waals surface area contributed by atoms with Crippen molar-refractivity contribution in [2.24, 2.45) is 0 Å². The van der Waals surface area contributed by atoms with E-state index >= 15 is 0 Å². The smallest absolute Gasteiger partial charge is 0.410 e. The number of benzene rings is 2. The molecule has 0 atom stereocenters. The van der Waals surface area contributed by atoms with E-state index in [2.05, 4.69) is 59.8 Å². The number of likely N-dealkylation sites (tertiary alicyclic amines) is 1. The van der Waals surface area contributed by atoms with Crippen LogP contribution < -0.4 is 0 Å². The molecule has 3 aromatic rings. The van der Waals surface area contributed by atoms with Crippen LogP contribution in [0.1, 0.15) is 50.3 Å². The van der Waals surface area contributed by atoms with Crippen molar-refractivity contribution in [3.8, 4) is 0 Å². The van der Waals surface area contributed by atoms with Gasteiger partial charge in [-0.25, -0.2) is 4.79 Å². The third kappa shape index (κ3) is 5.47. The molecule has 166 valence electrons. The van der Waals surface area contributed by atoms with Crippen molar-refractivity contribution in [1.82, 2.24) is 14.7 Å². The third-order valence-corrected chi connectivity index (χ3v) is 5.54. The van der Waals surface area contributed by atoms with Gasteiger partial charge in [-0.1, -0.05) is 66.2 Å². The summed E-state index contributed by atoms with van der Waals surface area (Å²) in [6.45, 7) is 7.78. The average molecular weight is 430 g/mol. The molecule has 2 heterocycles. The highest BCUT2D eigenvalue weighted by molar-refractivity contribution is 5.82. The van der Waals surface area contributed by atoms with E-state index in [1.165, 1.54) is 22.3 Å². The van der Waals surface area contributed by atoms with Crippen LogP contribution in [0.15, 0.2) is 78.6 Å². The summed E-state index contributed by atoms with van der Waals surface area (Å²) < 4.78 is 7.55. The highest BCUT2D eigenvalue weighted by atomic mass is 16.6. The molecule has 1 aliphatic rings. The van der Waals surface area contributed by atoms with Gasteiger partial charge in [0.1, 0.15) is 5.60 Å². The molecule has 4 rings (SSSR count). The van der Waals surface area contributed by atoms with Crippen LogP contribution in [0.25, 0.3) is 5.57 Å². The molecule has 0 N–H and O–H groups in total. The van der Waals surface area contributed by atoms with Gasteiger partial charge >= 0.3 is 6.09 Å². The molecule has 1 saturated heterocycles. The number of piperidine rings is 1. The number of hydrogen-bond donors (Lipinski definition) is 0. The highest BCUT2D eigenvalue weighted by Crippen LogP contribution is 2.32. The fraction of sp³-hybridized carbons (Fsp3) is 0.333. The molecule has 0 saturated carbocycles. The summed E-state index contributed by atoms with van der Waals surface area (Å²) >= 11 is 0. The molecular formula is C27H31N3O2. The topological polar surface area (TPSA) is 47.4 Å². The Kier molecular flexibility index (Phi) is 6.45. The SMILES string of the molecule is CC(C)(C)OC(=O)N1CCC(=C(c2ccccc2)c2cnn(Cc3ccccc3)c2)CC1. The first-order valence-electron chi connectivity index (χ1n) is 11.2. The zero-order chi connectivity index (χ0) is 22.6. The second-order valence-corrected chi connectivity index (χ2v) is 9.22. The summed E-state index contributed by atoms with van der Waals surface area (Å²) in [4.78, 5) is 14.3. The second-order valence-electron chi connectivity index (χ2n) is 9.22. The number of nitrogens with zero attached hydrogens (tertiary/aromatic N) is 3. The molecule has 0 aliphatic carbocycles. The molecule has 0 bridgehead atoms. The fourth-order valence-electron chi connectivity index (χ4n) is 4.07. The summed E-state index contributed by atoms with van der Waals surface area (Å²) in [7, 11) is 0. The second kappa shape index (κ2) is 9.43. The van der Waals surface area contributed by atoms with Crippen molar-refractivity contribution in [3.05, 3.63) is 95.3 Å². The average Bonchev–Trinajstić information content (AvgIpc) is 3.22. The highest BCUT2D eigenvalue weighted by Gasteiger charge is 2.26. The number of aromatic nitrogens is 2. The van der Waals surface area contributed by atoms with Gasteiger partial charge in [-0.3, -0.25) is 4.68 Å². The maximum absolute atomic E-state index is 12.5. The Labute approximate surface area is 190 Å². The van der Waals surface area contributed by atoms with Gasteiger partial charge in [0.05, 0.1) is 12.7 Å². The standard InChI is InChI=1S/C27H31N3O2/c1-27(2,3)32-26(31)29-16-14-23(15-17-29)25(22-12-8-5-9-13-22)24-18-28-30(20-24)19-21-10-6-4-7-11-21/h4-13,18,20H,14-17,19H2,1-3H3. The Bertz CT molecular complexity index is 1070. The lowest BCUT2D eigenvalue weighted by molar-refractivity contribution is 0.0236. The van der Waals surface area contributed by atoms with Gasteiger partial charge in [0.15, 0.2) is 0 Å². The van der Waals surface area contributed by atoms with E-state index in [9.17, 15) is 4.79 Å². The Morgan fingerprint density at radius 2 is 1.56 bits per heavy atom. The molecular weight excluding hydrogens is 398 g/mol. The lowest BCUT2D eigenvalue weighted by atomic mass is 9.90. The summed E-state index contributed by atoms with van der Waals surface area (Å²) in [5.41, 5.74) is 5.64. The Balaban J connectivity index is 1.58. The van der Waals surface area contributed by atoms with Gasteiger partial charge in [0.2, 0.25) is 0 Å². The molecule has 0 radical (unpaired) electrons.